The number of para-hydroxylation sites is 1. The number of hydrogen-bond acceptors (Lipinski definition) is 4. The first-order valence-electron chi connectivity index (χ1n) is 8.12. The number of nitrogens with zero attached hydrogens (tertiary/aromatic N) is 2. The van der Waals surface area contributed by atoms with Gasteiger partial charge in [-0.1, -0.05) is 18.2 Å². The highest BCUT2D eigenvalue weighted by molar-refractivity contribution is 6.18. The third-order valence-electron chi connectivity index (χ3n) is 4.34. The summed E-state index contributed by atoms with van der Waals surface area (Å²) in [7, 11) is 0. The molecule has 0 atom stereocenters. The van der Waals surface area contributed by atoms with Gasteiger partial charge in [-0.3, -0.25) is 9.59 Å². The zero-order valence-electron chi connectivity index (χ0n) is 14.2. The van der Waals surface area contributed by atoms with Crippen molar-refractivity contribution in [1.29, 1.82) is 0 Å². The number of H-pyrrole nitrogens is 1. The number of hydrazine groups is 1. The van der Waals surface area contributed by atoms with E-state index in [1.165, 1.54) is 6.07 Å². The fraction of sp³-hybridized carbons (Fsp3) is 0. The maximum atomic E-state index is 14.0. The summed E-state index contributed by atoms with van der Waals surface area (Å²) in [5.41, 5.74) is 5.45. The molecule has 0 spiro atoms. The average Bonchev–Trinajstić information content (AvgIpc) is 3.06. The van der Waals surface area contributed by atoms with Crippen LogP contribution >= 0.6 is 0 Å². The molecular weight excluding hydrogens is 368 g/mol. The van der Waals surface area contributed by atoms with E-state index in [2.05, 4.69) is 9.97 Å². The molecule has 0 aliphatic heterocycles. The molecule has 0 aliphatic rings. The predicted molar refractivity (Wildman–Crippen MR) is 99.5 cm³/mol. The number of carbonyl (C=O) groups excluding carboxylic acids is 2. The van der Waals surface area contributed by atoms with E-state index in [-0.39, 0.29) is 11.4 Å². The molecule has 0 saturated carbocycles. The third kappa shape index (κ3) is 2.74. The van der Waals surface area contributed by atoms with Crippen LogP contribution in [0.5, 0.6) is 0 Å². The monoisotopic (exact) mass is 381 g/mol. The minimum absolute atomic E-state index is 0.159. The SMILES string of the molecule is NC(=O)c1cc2c([nH]c3ccccc32)c(C(=O)N(N)c2cc(F)ccc2F)n1. The summed E-state index contributed by atoms with van der Waals surface area (Å²) >= 11 is 0. The molecule has 0 bridgehead atoms. The molecule has 2 heterocycles. The number of amides is 2. The number of benzene rings is 2. The van der Waals surface area contributed by atoms with Gasteiger partial charge in [0.1, 0.15) is 17.3 Å². The molecule has 9 heteroatoms. The van der Waals surface area contributed by atoms with Crippen LogP contribution in [0, 0.1) is 11.6 Å². The standard InChI is InChI=1S/C19H13F2N5O2/c20-9-5-6-12(21)15(7-9)26(23)19(28)17-16-11(8-14(25-17)18(22)27)10-3-1-2-4-13(10)24-16/h1-8,24H,23H2,(H2,22,27). The Morgan fingerprint density at radius 3 is 2.54 bits per heavy atom. The van der Waals surface area contributed by atoms with Crippen LogP contribution in [-0.2, 0) is 0 Å². The normalized spacial score (nSPS) is 11.1. The van der Waals surface area contributed by atoms with Gasteiger partial charge in [0.2, 0.25) is 0 Å². The summed E-state index contributed by atoms with van der Waals surface area (Å²) in [4.78, 5) is 31.7. The van der Waals surface area contributed by atoms with Crippen LogP contribution in [0.4, 0.5) is 14.5 Å². The van der Waals surface area contributed by atoms with Gasteiger partial charge in [0.15, 0.2) is 5.69 Å². The summed E-state index contributed by atoms with van der Waals surface area (Å²) in [5, 5.41) is 1.70. The van der Waals surface area contributed by atoms with E-state index < -0.39 is 29.1 Å². The number of aromatic nitrogens is 2. The Kier molecular flexibility index (Phi) is 4.01. The van der Waals surface area contributed by atoms with Gasteiger partial charge < -0.3 is 10.7 Å². The summed E-state index contributed by atoms with van der Waals surface area (Å²) in [5.74, 6) is 2.31. The molecule has 7 nitrogen and oxygen atoms in total. The number of hydrogen-bond donors (Lipinski definition) is 3. The Bertz CT molecular complexity index is 1270. The molecule has 4 aromatic rings. The van der Waals surface area contributed by atoms with Crippen LogP contribution < -0.4 is 16.6 Å². The number of aromatic amines is 1. The van der Waals surface area contributed by atoms with Crippen LogP contribution in [0.2, 0.25) is 0 Å². The molecule has 140 valence electrons. The molecule has 5 N–H and O–H groups in total. The lowest BCUT2D eigenvalue weighted by Gasteiger charge is -2.17. The van der Waals surface area contributed by atoms with Gasteiger partial charge in [-0.05, 0) is 24.3 Å². The van der Waals surface area contributed by atoms with Crippen LogP contribution in [0.1, 0.15) is 21.0 Å². The highest BCUT2D eigenvalue weighted by Gasteiger charge is 2.25. The van der Waals surface area contributed by atoms with Crippen molar-refractivity contribution in [2.24, 2.45) is 11.6 Å². The number of anilines is 1. The van der Waals surface area contributed by atoms with Gasteiger partial charge in [-0.25, -0.2) is 24.6 Å². The molecule has 28 heavy (non-hydrogen) atoms. The molecule has 0 aliphatic carbocycles. The Hall–Kier alpha value is -3.85. The first kappa shape index (κ1) is 17.6. The van der Waals surface area contributed by atoms with E-state index >= 15 is 0 Å². The van der Waals surface area contributed by atoms with E-state index in [1.54, 1.807) is 24.3 Å². The number of nitrogens with one attached hydrogen (secondary N) is 1. The minimum Gasteiger partial charge on any atom is -0.364 e. The molecule has 0 unspecified atom stereocenters. The van der Waals surface area contributed by atoms with Gasteiger partial charge in [-0.15, -0.1) is 0 Å². The van der Waals surface area contributed by atoms with Crippen molar-refractivity contribution < 1.29 is 18.4 Å². The van der Waals surface area contributed by atoms with Gasteiger partial charge in [-0.2, -0.15) is 0 Å². The summed E-state index contributed by atoms with van der Waals surface area (Å²) in [6.07, 6.45) is 0. The quantitative estimate of drug-likeness (QED) is 0.287. The number of pyridine rings is 1. The van der Waals surface area contributed by atoms with Gasteiger partial charge in [0.05, 0.1) is 11.2 Å². The number of nitrogens with two attached hydrogens (primary N) is 2. The predicted octanol–water partition coefficient (Wildman–Crippen LogP) is 2.61. The Morgan fingerprint density at radius 1 is 1.04 bits per heavy atom. The Morgan fingerprint density at radius 2 is 1.79 bits per heavy atom. The number of rotatable bonds is 3. The van der Waals surface area contributed by atoms with Crippen LogP contribution in [0.3, 0.4) is 0 Å². The third-order valence-corrected chi connectivity index (χ3v) is 4.34. The number of primary amides is 1. The number of fused-ring (bicyclic) bond motifs is 3. The molecule has 0 saturated heterocycles. The zero-order valence-corrected chi connectivity index (χ0v) is 14.2. The molecular formula is C19H13F2N5O2. The summed E-state index contributed by atoms with van der Waals surface area (Å²) in [6.45, 7) is 0. The van der Waals surface area contributed by atoms with Gasteiger partial charge in [0, 0.05) is 22.4 Å². The van der Waals surface area contributed by atoms with Crippen molar-refractivity contribution in [2.75, 3.05) is 5.01 Å². The fourth-order valence-electron chi connectivity index (χ4n) is 3.02. The maximum absolute atomic E-state index is 14.0. The van der Waals surface area contributed by atoms with Crippen molar-refractivity contribution >= 4 is 39.3 Å². The number of halogens is 2. The minimum atomic E-state index is -0.941. The zero-order chi connectivity index (χ0) is 20.0. The fourth-order valence-corrected chi connectivity index (χ4v) is 3.02. The second kappa shape index (κ2) is 6.39. The highest BCUT2D eigenvalue weighted by atomic mass is 19.1. The van der Waals surface area contributed by atoms with Crippen LogP contribution in [0.15, 0.2) is 48.5 Å². The summed E-state index contributed by atoms with van der Waals surface area (Å²) in [6, 6.07) is 11.1. The second-order valence-electron chi connectivity index (χ2n) is 6.08. The number of carbonyl (C=O) groups is 2. The topological polar surface area (TPSA) is 118 Å². The van der Waals surface area contributed by atoms with Crippen molar-refractivity contribution in [3.63, 3.8) is 0 Å². The highest BCUT2D eigenvalue weighted by Crippen LogP contribution is 2.29. The van der Waals surface area contributed by atoms with E-state index in [9.17, 15) is 18.4 Å². The first-order valence-corrected chi connectivity index (χ1v) is 8.12. The van der Waals surface area contributed by atoms with Gasteiger partial charge >= 0.3 is 0 Å². The van der Waals surface area contributed by atoms with E-state index in [0.29, 0.717) is 21.4 Å². The lowest BCUT2D eigenvalue weighted by molar-refractivity contribution is 0.0982. The molecule has 2 aromatic heterocycles. The van der Waals surface area contributed by atoms with E-state index in [0.717, 1.165) is 23.6 Å². The smallest absolute Gasteiger partial charge is 0.293 e. The van der Waals surface area contributed by atoms with Crippen molar-refractivity contribution in [2.45, 2.75) is 0 Å². The molecule has 2 aromatic carbocycles. The first-order chi connectivity index (χ1) is 13.4. The Labute approximate surface area is 156 Å². The lowest BCUT2D eigenvalue weighted by atomic mass is 10.1. The molecule has 4 rings (SSSR count). The van der Waals surface area contributed by atoms with Crippen molar-refractivity contribution in [3.05, 3.63) is 71.6 Å². The largest absolute Gasteiger partial charge is 0.364 e. The Balaban J connectivity index is 1.95. The summed E-state index contributed by atoms with van der Waals surface area (Å²) < 4.78 is 27.5. The van der Waals surface area contributed by atoms with Crippen molar-refractivity contribution in [3.8, 4) is 0 Å². The maximum Gasteiger partial charge on any atom is 0.293 e. The van der Waals surface area contributed by atoms with Crippen LogP contribution in [-0.4, -0.2) is 21.8 Å². The molecule has 0 fully saturated rings. The van der Waals surface area contributed by atoms with E-state index in [4.69, 9.17) is 11.6 Å². The second-order valence-corrected chi connectivity index (χ2v) is 6.08. The lowest BCUT2D eigenvalue weighted by Crippen LogP contribution is -2.39. The van der Waals surface area contributed by atoms with E-state index in [1.807, 2.05) is 0 Å². The van der Waals surface area contributed by atoms with Crippen molar-refractivity contribution in [1.82, 2.24) is 9.97 Å². The average molecular weight is 381 g/mol. The van der Waals surface area contributed by atoms with Gasteiger partial charge in [0.25, 0.3) is 11.8 Å². The molecule has 0 radical (unpaired) electrons. The van der Waals surface area contributed by atoms with Crippen LogP contribution in [0.25, 0.3) is 21.8 Å². The molecule has 2 amide bonds.